The van der Waals surface area contributed by atoms with E-state index in [0.29, 0.717) is 11.4 Å². The van der Waals surface area contributed by atoms with E-state index in [0.717, 1.165) is 18.2 Å². The summed E-state index contributed by atoms with van der Waals surface area (Å²) in [6.45, 7) is 6.48. The van der Waals surface area contributed by atoms with Gasteiger partial charge in [-0.3, -0.25) is 5.32 Å². The van der Waals surface area contributed by atoms with Gasteiger partial charge in [-0.2, -0.15) is 0 Å². The SMILES string of the molecule is COc1cc(NCC2CCC2)ccc1NC(=O)OC(C)(C)C. The molecule has 0 aromatic heterocycles. The molecule has 1 aromatic rings. The van der Waals surface area contributed by atoms with Crippen LogP contribution < -0.4 is 15.4 Å². The molecule has 0 saturated heterocycles. The summed E-state index contributed by atoms with van der Waals surface area (Å²) in [7, 11) is 1.59. The second-order valence-electron chi connectivity index (χ2n) is 6.72. The van der Waals surface area contributed by atoms with Crippen molar-refractivity contribution in [2.45, 2.75) is 45.6 Å². The minimum Gasteiger partial charge on any atom is -0.494 e. The fourth-order valence-electron chi connectivity index (χ4n) is 2.28. The molecule has 1 amide bonds. The smallest absolute Gasteiger partial charge is 0.412 e. The number of rotatable bonds is 5. The zero-order valence-corrected chi connectivity index (χ0v) is 13.9. The van der Waals surface area contributed by atoms with Crippen LogP contribution in [-0.2, 0) is 4.74 Å². The van der Waals surface area contributed by atoms with E-state index in [1.54, 1.807) is 7.11 Å². The van der Waals surface area contributed by atoms with Crippen LogP contribution in [0.15, 0.2) is 18.2 Å². The number of hydrogen-bond acceptors (Lipinski definition) is 4. The topological polar surface area (TPSA) is 59.6 Å². The van der Waals surface area contributed by atoms with E-state index in [4.69, 9.17) is 9.47 Å². The highest BCUT2D eigenvalue weighted by molar-refractivity contribution is 5.87. The Balaban J connectivity index is 1.97. The average Bonchev–Trinajstić information content (AvgIpc) is 2.36. The van der Waals surface area contributed by atoms with Crippen LogP contribution >= 0.6 is 0 Å². The van der Waals surface area contributed by atoms with Gasteiger partial charge in [0.25, 0.3) is 0 Å². The molecule has 0 atom stereocenters. The van der Waals surface area contributed by atoms with Crippen LogP contribution in [0.5, 0.6) is 5.75 Å². The van der Waals surface area contributed by atoms with Crippen molar-refractivity contribution in [1.29, 1.82) is 0 Å². The quantitative estimate of drug-likeness (QED) is 0.853. The van der Waals surface area contributed by atoms with Crippen molar-refractivity contribution >= 4 is 17.5 Å². The Hall–Kier alpha value is -1.91. The van der Waals surface area contributed by atoms with Crippen LogP contribution in [0.25, 0.3) is 0 Å². The third-order valence-electron chi connectivity index (χ3n) is 3.66. The van der Waals surface area contributed by atoms with Gasteiger partial charge in [0, 0.05) is 18.3 Å². The summed E-state index contributed by atoms with van der Waals surface area (Å²) in [6, 6.07) is 5.66. The van der Waals surface area contributed by atoms with Crippen LogP contribution in [0, 0.1) is 5.92 Å². The van der Waals surface area contributed by atoms with Crippen molar-refractivity contribution < 1.29 is 14.3 Å². The largest absolute Gasteiger partial charge is 0.494 e. The van der Waals surface area contributed by atoms with Crippen LogP contribution in [0.4, 0.5) is 16.2 Å². The molecule has 1 aromatic carbocycles. The predicted molar refractivity (Wildman–Crippen MR) is 88.7 cm³/mol. The number of carbonyl (C=O) groups excluding carboxylic acids is 1. The third kappa shape index (κ3) is 4.83. The first kappa shape index (κ1) is 16.5. The lowest BCUT2D eigenvalue weighted by Gasteiger charge is -2.26. The second-order valence-corrected chi connectivity index (χ2v) is 6.72. The number of benzene rings is 1. The van der Waals surface area contributed by atoms with Crippen molar-refractivity contribution in [3.63, 3.8) is 0 Å². The van der Waals surface area contributed by atoms with E-state index < -0.39 is 11.7 Å². The molecule has 2 rings (SSSR count). The molecule has 122 valence electrons. The lowest BCUT2D eigenvalue weighted by molar-refractivity contribution is 0.0635. The van der Waals surface area contributed by atoms with Gasteiger partial charge in [-0.25, -0.2) is 4.79 Å². The lowest BCUT2D eigenvalue weighted by Crippen LogP contribution is -2.27. The number of nitrogens with one attached hydrogen (secondary N) is 2. The first-order valence-electron chi connectivity index (χ1n) is 7.79. The van der Waals surface area contributed by atoms with Crippen LogP contribution in [0.1, 0.15) is 40.0 Å². The lowest BCUT2D eigenvalue weighted by atomic mass is 9.85. The monoisotopic (exact) mass is 306 g/mol. The minimum atomic E-state index is -0.526. The highest BCUT2D eigenvalue weighted by atomic mass is 16.6. The molecule has 0 bridgehead atoms. The van der Waals surface area contributed by atoms with Crippen molar-refractivity contribution in [2.75, 3.05) is 24.3 Å². The number of hydrogen-bond donors (Lipinski definition) is 2. The van der Waals surface area contributed by atoms with Crippen molar-refractivity contribution in [3.05, 3.63) is 18.2 Å². The van der Waals surface area contributed by atoms with Gasteiger partial charge in [0.2, 0.25) is 0 Å². The Morgan fingerprint density at radius 2 is 2.05 bits per heavy atom. The second kappa shape index (κ2) is 6.90. The Labute approximate surface area is 132 Å². The van der Waals surface area contributed by atoms with E-state index >= 15 is 0 Å². The highest BCUT2D eigenvalue weighted by Crippen LogP contribution is 2.30. The fourth-order valence-corrected chi connectivity index (χ4v) is 2.28. The van der Waals surface area contributed by atoms with Gasteiger partial charge in [-0.05, 0) is 51.7 Å². The number of anilines is 2. The summed E-state index contributed by atoms with van der Waals surface area (Å²) in [6.07, 6.45) is 3.47. The molecular formula is C17H26N2O3. The molecule has 2 N–H and O–H groups in total. The number of carbonyl (C=O) groups is 1. The van der Waals surface area contributed by atoms with E-state index in [1.165, 1.54) is 19.3 Å². The summed E-state index contributed by atoms with van der Waals surface area (Å²) in [5.74, 6) is 1.40. The van der Waals surface area contributed by atoms with Crippen molar-refractivity contribution in [3.8, 4) is 5.75 Å². The predicted octanol–water partition coefficient (Wildman–Crippen LogP) is 4.25. The molecule has 0 spiro atoms. The first-order chi connectivity index (χ1) is 10.4. The Morgan fingerprint density at radius 3 is 2.59 bits per heavy atom. The zero-order chi connectivity index (χ0) is 16.2. The maximum atomic E-state index is 11.8. The molecule has 1 saturated carbocycles. The molecule has 5 heteroatoms. The molecule has 0 heterocycles. The van der Waals surface area contributed by atoms with Crippen LogP contribution in [-0.4, -0.2) is 25.3 Å². The molecule has 1 aliphatic carbocycles. The van der Waals surface area contributed by atoms with Crippen molar-refractivity contribution in [2.24, 2.45) is 5.92 Å². The Kier molecular flexibility index (Phi) is 5.16. The first-order valence-corrected chi connectivity index (χ1v) is 7.79. The molecule has 0 radical (unpaired) electrons. The average molecular weight is 306 g/mol. The number of methoxy groups -OCH3 is 1. The van der Waals surface area contributed by atoms with E-state index in [-0.39, 0.29) is 0 Å². The Morgan fingerprint density at radius 1 is 1.32 bits per heavy atom. The zero-order valence-electron chi connectivity index (χ0n) is 13.9. The molecule has 1 aliphatic rings. The molecular weight excluding hydrogens is 280 g/mol. The summed E-state index contributed by atoms with van der Waals surface area (Å²) >= 11 is 0. The van der Waals surface area contributed by atoms with Gasteiger partial charge in [0.15, 0.2) is 0 Å². The third-order valence-corrected chi connectivity index (χ3v) is 3.66. The number of ether oxygens (including phenoxy) is 2. The maximum Gasteiger partial charge on any atom is 0.412 e. The molecule has 0 unspecified atom stereocenters. The van der Waals surface area contributed by atoms with E-state index in [9.17, 15) is 4.79 Å². The maximum absolute atomic E-state index is 11.8. The fraction of sp³-hybridized carbons (Fsp3) is 0.588. The van der Waals surface area contributed by atoms with E-state index in [1.807, 2.05) is 39.0 Å². The molecule has 5 nitrogen and oxygen atoms in total. The standard InChI is InChI=1S/C17H26N2O3/c1-17(2,3)22-16(20)19-14-9-8-13(10-15(14)21-4)18-11-12-6-5-7-12/h8-10,12,18H,5-7,11H2,1-4H3,(H,19,20). The van der Waals surface area contributed by atoms with Gasteiger partial charge in [0.1, 0.15) is 11.4 Å². The Bertz CT molecular complexity index is 519. The van der Waals surface area contributed by atoms with Gasteiger partial charge in [-0.15, -0.1) is 0 Å². The van der Waals surface area contributed by atoms with Gasteiger partial charge in [-0.1, -0.05) is 6.42 Å². The summed E-state index contributed by atoms with van der Waals surface area (Å²) in [5, 5.41) is 6.13. The molecule has 22 heavy (non-hydrogen) atoms. The summed E-state index contributed by atoms with van der Waals surface area (Å²) in [4.78, 5) is 11.8. The summed E-state index contributed by atoms with van der Waals surface area (Å²) < 4.78 is 10.6. The van der Waals surface area contributed by atoms with Crippen LogP contribution in [0.2, 0.25) is 0 Å². The van der Waals surface area contributed by atoms with Gasteiger partial charge < -0.3 is 14.8 Å². The van der Waals surface area contributed by atoms with Gasteiger partial charge >= 0.3 is 6.09 Å². The van der Waals surface area contributed by atoms with Crippen LogP contribution in [0.3, 0.4) is 0 Å². The molecule has 0 aliphatic heterocycles. The summed E-state index contributed by atoms with van der Waals surface area (Å²) in [5.41, 5.74) is 1.08. The number of amides is 1. The van der Waals surface area contributed by atoms with E-state index in [2.05, 4.69) is 10.6 Å². The molecule has 1 fully saturated rings. The highest BCUT2D eigenvalue weighted by Gasteiger charge is 2.19. The van der Waals surface area contributed by atoms with Gasteiger partial charge in [0.05, 0.1) is 12.8 Å². The minimum absolute atomic E-state index is 0.485. The normalized spacial score (nSPS) is 14.9. The van der Waals surface area contributed by atoms with Crippen molar-refractivity contribution in [1.82, 2.24) is 0 Å².